The predicted molar refractivity (Wildman–Crippen MR) is 81.6 cm³/mol. The molecule has 2 aromatic heterocycles. The van der Waals surface area contributed by atoms with Gasteiger partial charge in [0.05, 0.1) is 17.9 Å². The Morgan fingerprint density at radius 3 is 2.80 bits per heavy atom. The zero-order chi connectivity index (χ0) is 14.4. The van der Waals surface area contributed by atoms with Gasteiger partial charge in [0.1, 0.15) is 0 Å². The second kappa shape index (κ2) is 7.20. The van der Waals surface area contributed by atoms with Gasteiger partial charge < -0.3 is 5.32 Å². The maximum absolute atomic E-state index is 4.60. The second-order valence-corrected chi connectivity index (χ2v) is 4.92. The first-order chi connectivity index (χ1) is 9.78. The first-order valence-corrected chi connectivity index (χ1v) is 7.46. The van der Waals surface area contributed by atoms with Crippen molar-refractivity contribution in [3.63, 3.8) is 0 Å². The minimum Gasteiger partial charge on any atom is -0.309 e. The minimum atomic E-state index is 0.255. The van der Waals surface area contributed by atoms with Crippen molar-refractivity contribution in [3.8, 4) is 0 Å². The van der Waals surface area contributed by atoms with Crippen LogP contribution in [0.25, 0.3) is 0 Å². The Labute approximate surface area is 121 Å². The van der Waals surface area contributed by atoms with Crippen molar-refractivity contribution >= 4 is 0 Å². The molecule has 0 saturated heterocycles. The lowest BCUT2D eigenvalue weighted by atomic mass is 10.00. The summed E-state index contributed by atoms with van der Waals surface area (Å²) in [5.74, 6) is 0. The lowest BCUT2D eigenvalue weighted by Gasteiger charge is -2.19. The average Bonchev–Trinajstić information content (AvgIpc) is 2.94. The Morgan fingerprint density at radius 1 is 1.30 bits per heavy atom. The van der Waals surface area contributed by atoms with Gasteiger partial charge in [-0.25, -0.2) is 0 Å². The SMILES string of the molecule is CCNC(Cc1cnn(CC)c1)c1ncccc1CC. The molecule has 0 radical (unpaired) electrons. The first-order valence-electron chi connectivity index (χ1n) is 7.46. The lowest BCUT2D eigenvalue weighted by Crippen LogP contribution is -2.25. The van der Waals surface area contributed by atoms with Crippen molar-refractivity contribution in [1.29, 1.82) is 0 Å². The fourth-order valence-electron chi connectivity index (χ4n) is 2.50. The summed E-state index contributed by atoms with van der Waals surface area (Å²) < 4.78 is 1.97. The molecule has 0 aliphatic rings. The highest BCUT2D eigenvalue weighted by molar-refractivity contribution is 5.24. The van der Waals surface area contributed by atoms with E-state index >= 15 is 0 Å². The van der Waals surface area contributed by atoms with Crippen molar-refractivity contribution in [2.24, 2.45) is 0 Å². The highest BCUT2D eigenvalue weighted by atomic mass is 15.3. The number of likely N-dealkylation sites (N-methyl/N-ethyl adjacent to an activating group) is 1. The standard InChI is InChI=1S/C16H24N4/c1-4-14-8-7-9-18-16(14)15(17-5-2)10-13-11-19-20(6-3)12-13/h7-9,11-12,15,17H,4-6,10H2,1-3H3. The number of nitrogens with zero attached hydrogens (tertiary/aromatic N) is 3. The summed E-state index contributed by atoms with van der Waals surface area (Å²) in [5.41, 5.74) is 3.74. The Morgan fingerprint density at radius 2 is 2.15 bits per heavy atom. The Hall–Kier alpha value is -1.68. The number of rotatable bonds is 7. The molecule has 0 aliphatic heterocycles. The van der Waals surface area contributed by atoms with Gasteiger partial charge in [-0.1, -0.05) is 19.9 Å². The van der Waals surface area contributed by atoms with E-state index in [0.29, 0.717) is 0 Å². The van der Waals surface area contributed by atoms with E-state index in [2.05, 4.69) is 48.4 Å². The van der Waals surface area contributed by atoms with Crippen LogP contribution < -0.4 is 5.32 Å². The van der Waals surface area contributed by atoms with E-state index in [-0.39, 0.29) is 6.04 Å². The molecule has 1 N–H and O–H groups in total. The quantitative estimate of drug-likeness (QED) is 0.843. The maximum Gasteiger partial charge on any atom is 0.0608 e. The van der Waals surface area contributed by atoms with Crippen LogP contribution in [-0.4, -0.2) is 21.3 Å². The topological polar surface area (TPSA) is 42.7 Å². The molecule has 4 nitrogen and oxygen atoms in total. The Bertz CT molecular complexity index is 533. The van der Waals surface area contributed by atoms with Gasteiger partial charge in [-0.2, -0.15) is 5.10 Å². The summed E-state index contributed by atoms with van der Waals surface area (Å²) in [6.45, 7) is 8.27. The van der Waals surface area contributed by atoms with Crippen molar-refractivity contribution < 1.29 is 0 Å². The largest absolute Gasteiger partial charge is 0.309 e. The van der Waals surface area contributed by atoms with Gasteiger partial charge in [0.25, 0.3) is 0 Å². The molecule has 1 atom stereocenters. The van der Waals surface area contributed by atoms with Gasteiger partial charge in [-0.3, -0.25) is 9.67 Å². The number of nitrogens with one attached hydrogen (secondary N) is 1. The third-order valence-electron chi connectivity index (χ3n) is 3.54. The molecule has 0 amide bonds. The van der Waals surface area contributed by atoms with Gasteiger partial charge in [-0.05, 0) is 43.5 Å². The van der Waals surface area contributed by atoms with E-state index in [1.165, 1.54) is 16.8 Å². The van der Waals surface area contributed by atoms with E-state index in [9.17, 15) is 0 Å². The molecule has 0 bridgehead atoms. The molecule has 0 aliphatic carbocycles. The monoisotopic (exact) mass is 272 g/mol. The molecule has 2 heterocycles. The predicted octanol–water partition coefficient (Wildman–Crippen LogP) is 2.75. The number of hydrogen-bond acceptors (Lipinski definition) is 3. The van der Waals surface area contributed by atoms with Crippen LogP contribution in [0.5, 0.6) is 0 Å². The van der Waals surface area contributed by atoms with E-state index in [4.69, 9.17) is 0 Å². The van der Waals surface area contributed by atoms with E-state index < -0.39 is 0 Å². The molecule has 2 aromatic rings. The molecule has 4 heteroatoms. The van der Waals surface area contributed by atoms with E-state index in [0.717, 1.165) is 25.9 Å². The minimum absolute atomic E-state index is 0.255. The Kier molecular flexibility index (Phi) is 5.30. The number of aryl methyl sites for hydroxylation is 2. The van der Waals surface area contributed by atoms with Crippen LogP contribution in [0, 0.1) is 0 Å². The summed E-state index contributed by atoms with van der Waals surface area (Å²) in [7, 11) is 0. The van der Waals surface area contributed by atoms with Crippen LogP contribution in [0.1, 0.15) is 43.6 Å². The molecule has 0 saturated carbocycles. The molecule has 1 unspecified atom stereocenters. The maximum atomic E-state index is 4.60. The van der Waals surface area contributed by atoms with Crippen molar-refractivity contribution in [2.45, 2.75) is 46.2 Å². The van der Waals surface area contributed by atoms with Crippen LogP contribution >= 0.6 is 0 Å². The van der Waals surface area contributed by atoms with Gasteiger partial charge in [0, 0.05) is 18.9 Å². The van der Waals surface area contributed by atoms with Crippen LogP contribution in [0.4, 0.5) is 0 Å². The second-order valence-electron chi connectivity index (χ2n) is 4.92. The highest BCUT2D eigenvalue weighted by Gasteiger charge is 2.16. The number of hydrogen-bond donors (Lipinski definition) is 1. The lowest BCUT2D eigenvalue weighted by molar-refractivity contribution is 0.531. The van der Waals surface area contributed by atoms with Gasteiger partial charge in [-0.15, -0.1) is 0 Å². The molecule has 2 rings (SSSR count). The van der Waals surface area contributed by atoms with Gasteiger partial charge in [0.2, 0.25) is 0 Å². The van der Waals surface area contributed by atoms with Gasteiger partial charge >= 0.3 is 0 Å². The van der Waals surface area contributed by atoms with E-state index in [1.54, 1.807) is 0 Å². The molecule has 108 valence electrons. The molecule has 0 fully saturated rings. The van der Waals surface area contributed by atoms with Crippen LogP contribution in [0.2, 0.25) is 0 Å². The summed E-state index contributed by atoms with van der Waals surface area (Å²) in [6, 6.07) is 4.44. The Balaban J connectivity index is 2.21. The normalized spacial score (nSPS) is 12.6. The van der Waals surface area contributed by atoms with Crippen LogP contribution in [0.15, 0.2) is 30.7 Å². The summed E-state index contributed by atoms with van der Waals surface area (Å²) in [6.07, 6.45) is 7.91. The van der Waals surface area contributed by atoms with Crippen molar-refractivity contribution in [1.82, 2.24) is 20.1 Å². The number of aromatic nitrogens is 3. The molecular weight excluding hydrogens is 248 g/mol. The fraction of sp³-hybridized carbons (Fsp3) is 0.500. The van der Waals surface area contributed by atoms with Crippen LogP contribution in [-0.2, 0) is 19.4 Å². The van der Waals surface area contributed by atoms with Crippen molar-refractivity contribution in [2.75, 3.05) is 6.54 Å². The fourth-order valence-corrected chi connectivity index (χ4v) is 2.50. The highest BCUT2D eigenvalue weighted by Crippen LogP contribution is 2.20. The van der Waals surface area contributed by atoms with Crippen molar-refractivity contribution in [3.05, 3.63) is 47.5 Å². The number of pyridine rings is 1. The smallest absolute Gasteiger partial charge is 0.0608 e. The summed E-state index contributed by atoms with van der Waals surface area (Å²) in [4.78, 5) is 4.60. The van der Waals surface area contributed by atoms with E-state index in [1.807, 2.05) is 23.1 Å². The summed E-state index contributed by atoms with van der Waals surface area (Å²) >= 11 is 0. The third-order valence-corrected chi connectivity index (χ3v) is 3.54. The van der Waals surface area contributed by atoms with Crippen LogP contribution in [0.3, 0.4) is 0 Å². The molecule has 0 spiro atoms. The zero-order valence-corrected chi connectivity index (χ0v) is 12.6. The molecule has 20 heavy (non-hydrogen) atoms. The summed E-state index contributed by atoms with van der Waals surface area (Å²) in [5, 5.41) is 7.90. The zero-order valence-electron chi connectivity index (χ0n) is 12.6. The molecular formula is C16H24N4. The third kappa shape index (κ3) is 3.45. The first kappa shape index (κ1) is 14.7. The average molecular weight is 272 g/mol. The van der Waals surface area contributed by atoms with Gasteiger partial charge in [0.15, 0.2) is 0 Å². The molecule has 0 aromatic carbocycles.